The fourth-order valence-corrected chi connectivity index (χ4v) is 2.03. The lowest BCUT2D eigenvalue weighted by molar-refractivity contribution is 0.327. The summed E-state index contributed by atoms with van der Waals surface area (Å²) in [6, 6.07) is 9.35. The van der Waals surface area contributed by atoms with Gasteiger partial charge in [-0.15, -0.1) is 0 Å². The summed E-state index contributed by atoms with van der Waals surface area (Å²) in [5.74, 6) is -0.874. The van der Waals surface area contributed by atoms with E-state index in [1.54, 1.807) is 0 Å². The standard InChI is InChI=1S/C11H16FNO3S/c1-9(10-5-3-2-4-6-10)13-7-11(12)8-17(14,15)16/h2-6,9,11,13H,7-8H2,1H3,(H,14,15,16)/t9-,11+/m1/s1. The van der Waals surface area contributed by atoms with Crippen LogP contribution in [0.4, 0.5) is 4.39 Å². The molecule has 96 valence electrons. The van der Waals surface area contributed by atoms with E-state index in [4.69, 9.17) is 4.55 Å². The average Bonchev–Trinajstić information content (AvgIpc) is 2.25. The minimum Gasteiger partial charge on any atom is -0.307 e. The smallest absolute Gasteiger partial charge is 0.267 e. The van der Waals surface area contributed by atoms with Crippen LogP contribution in [0.1, 0.15) is 18.5 Å². The number of alkyl halides is 1. The highest BCUT2D eigenvalue weighted by Crippen LogP contribution is 2.11. The Bertz CT molecular complexity index is 435. The fourth-order valence-electron chi connectivity index (χ4n) is 1.45. The summed E-state index contributed by atoms with van der Waals surface area (Å²) in [6.45, 7) is 1.74. The van der Waals surface area contributed by atoms with Crippen molar-refractivity contribution in [3.05, 3.63) is 35.9 Å². The van der Waals surface area contributed by atoms with Crippen molar-refractivity contribution in [1.82, 2.24) is 5.32 Å². The van der Waals surface area contributed by atoms with Crippen LogP contribution in [0.25, 0.3) is 0 Å². The summed E-state index contributed by atoms with van der Waals surface area (Å²) in [5.41, 5.74) is 0.992. The number of hydrogen-bond acceptors (Lipinski definition) is 3. The van der Waals surface area contributed by atoms with Gasteiger partial charge in [0.15, 0.2) is 0 Å². The van der Waals surface area contributed by atoms with Gasteiger partial charge >= 0.3 is 0 Å². The van der Waals surface area contributed by atoms with E-state index in [1.165, 1.54) is 0 Å². The number of hydrogen-bond donors (Lipinski definition) is 2. The van der Waals surface area contributed by atoms with Crippen LogP contribution in [0, 0.1) is 0 Å². The average molecular weight is 261 g/mol. The summed E-state index contributed by atoms with van der Waals surface area (Å²) in [4.78, 5) is 0. The van der Waals surface area contributed by atoms with E-state index >= 15 is 0 Å². The van der Waals surface area contributed by atoms with Crippen LogP contribution < -0.4 is 5.32 Å². The molecule has 0 amide bonds. The molecule has 2 N–H and O–H groups in total. The van der Waals surface area contributed by atoms with Crippen LogP contribution in [0.3, 0.4) is 0 Å². The summed E-state index contributed by atoms with van der Waals surface area (Å²) < 4.78 is 42.5. The Hall–Kier alpha value is -0.980. The third kappa shape index (κ3) is 5.76. The molecule has 0 saturated heterocycles. The Morgan fingerprint density at radius 3 is 2.47 bits per heavy atom. The lowest BCUT2D eigenvalue weighted by Gasteiger charge is -2.15. The van der Waals surface area contributed by atoms with Crippen molar-refractivity contribution in [3.8, 4) is 0 Å². The SMILES string of the molecule is C[C@@H](NC[C@H](F)CS(=O)(=O)O)c1ccccc1. The zero-order valence-corrected chi connectivity index (χ0v) is 10.3. The third-order valence-corrected chi connectivity index (χ3v) is 3.12. The first-order valence-electron chi connectivity index (χ1n) is 5.26. The molecular weight excluding hydrogens is 245 g/mol. The maximum atomic E-state index is 13.2. The van der Waals surface area contributed by atoms with Crippen molar-refractivity contribution in [2.75, 3.05) is 12.3 Å². The third-order valence-electron chi connectivity index (χ3n) is 2.34. The summed E-state index contributed by atoms with van der Waals surface area (Å²) in [7, 11) is -4.25. The fraction of sp³-hybridized carbons (Fsp3) is 0.455. The molecular formula is C11H16FNO3S. The van der Waals surface area contributed by atoms with Gasteiger partial charge in [0.05, 0.1) is 0 Å². The van der Waals surface area contributed by atoms with Crippen LogP contribution >= 0.6 is 0 Å². The summed E-state index contributed by atoms with van der Waals surface area (Å²) in [6.07, 6.45) is -1.61. The number of halogens is 1. The van der Waals surface area contributed by atoms with Gasteiger partial charge in [-0.1, -0.05) is 30.3 Å². The Morgan fingerprint density at radius 1 is 1.35 bits per heavy atom. The minimum atomic E-state index is -4.25. The van der Waals surface area contributed by atoms with E-state index in [-0.39, 0.29) is 12.6 Å². The van der Waals surface area contributed by atoms with Gasteiger partial charge < -0.3 is 5.32 Å². The second-order valence-corrected chi connectivity index (χ2v) is 5.38. The van der Waals surface area contributed by atoms with Crippen LogP contribution in [0.2, 0.25) is 0 Å². The Labute approximate surface area is 101 Å². The van der Waals surface area contributed by atoms with Crippen LogP contribution in [0.15, 0.2) is 30.3 Å². The maximum absolute atomic E-state index is 13.2. The number of nitrogens with one attached hydrogen (secondary N) is 1. The minimum absolute atomic E-state index is 0.0733. The molecule has 0 heterocycles. The van der Waals surface area contributed by atoms with Crippen LogP contribution in [-0.2, 0) is 10.1 Å². The van der Waals surface area contributed by atoms with E-state index in [0.717, 1.165) is 5.56 Å². The Balaban J connectivity index is 2.41. The molecule has 0 aliphatic rings. The van der Waals surface area contributed by atoms with Crippen molar-refractivity contribution in [3.63, 3.8) is 0 Å². The second-order valence-electron chi connectivity index (χ2n) is 3.89. The molecule has 0 spiro atoms. The van der Waals surface area contributed by atoms with Crippen molar-refractivity contribution < 1.29 is 17.4 Å². The van der Waals surface area contributed by atoms with Gasteiger partial charge in [0.1, 0.15) is 11.9 Å². The van der Waals surface area contributed by atoms with Gasteiger partial charge in [-0.3, -0.25) is 4.55 Å². The molecule has 0 fully saturated rings. The highest BCUT2D eigenvalue weighted by Gasteiger charge is 2.16. The van der Waals surface area contributed by atoms with E-state index in [1.807, 2.05) is 37.3 Å². The van der Waals surface area contributed by atoms with Gasteiger partial charge in [-0.05, 0) is 12.5 Å². The molecule has 1 aromatic rings. The van der Waals surface area contributed by atoms with E-state index in [0.29, 0.717) is 0 Å². The van der Waals surface area contributed by atoms with Crippen LogP contribution in [0.5, 0.6) is 0 Å². The monoisotopic (exact) mass is 261 g/mol. The molecule has 0 radical (unpaired) electrons. The van der Waals surface area contributed by atoms with E-state index in [2.05, 4.69) is 5.32 Å². The van der Waals surface area contributed by atoms with Crippen LogP contribution in [-0.4, -0.2) is 31.4 Å². The van der Waals surface area contributed by atoms with Crippen molar-refractivity contribution >= 4 is 10.1 Å². The zero-order chi connectivity index (χ0) is 12.9. The van der Waals surface area contributed by atoms with Gasteiger partial charge in [0.2, 0.25) is 0 Å². The molecule has 0 aliphatic carbocycles. The number of rotatable bonds is 6. The predicted octanol–water partition coefficient (Wildman–Crippen LogP) is 1.56. The Morgan fingerprint density at radius 2 is 1.94 bits per heavy atom. The molecule has 0 bridgehead atoms. The zero-order valence-electron chi connectivity index (χ0n) is 9.51. The van der Waals surface area contributed by atoms with E-state index in [9.17, 15) is 12.8 Å². The topological polar surface area (TPSA) is 66.4 Å². The van der Waals surface area contributed by atoms with Gasteiger partial charge in [-0.25, -0.2) is 4.39 Å². The van der Waals surface area contributed by atoms with E-state index < -0.39 is 22.0 Å². The molecule has 0 aromatic heterocycles. The lowest BCUT2D eigenvalue weighted by atomic mass is 10.1. The van der Waals surface area contributed by atoms with Gasteiger partial charge in [0.25, 0.3) is 10.1 Å². The van der Waals surface area contributed by atoms with Crippen molar-refractivity contribution in [2.24, 2.45) is 0 Å². The van der Waals surface area contributed by atoms with Crippen molar-refractivity contribution in [2.45, 2.75) is 19.1 Å². The highest BCUT2D eigenvalue weighted by molar-refractivity contribution is 7.85. The second kappa shape index (κ2) is 6.09. The summed E-state index contributed by atoms with van der Waals surface area (Å²) in [5, 5.41) is 2.87. The molecule has 0 saturated carbocycles. The molecule has 2 atom stereocenters. The molecule has 1 rings (SSSR count). The first-order valence-corrected chi connectivity index (χ1v) is 6.87. The quantitative estimate of drug-likeness (QED) is 0.763. The first kappa shape index (κ1) is 14.1. The van der Waals surface area contributed by atoms with Crippen molar-refractivity contribution in [1.29, 1.82) is 0 Å². The largest absolute Gasteiger partial charge is 0.307 e. The molecule has 0 aliphatic heterocycles. The van der Waals surface area contributed by atoms with Gasteiger partial charge in [0, 0.05) is 12.6 Å². The lowest BCUT2D eigenvalue weighted by Crippen LogP contribution is -2.31. The molecule has 17 heavy (non-hydrogen) atoms. The Kier molecular flexibility index (Phi) is 5.04. The summed E-state index contributed by atoms with van der Waals surface area (Å²) >= 11 is 0. The maximum Gasteiger partial charge on any atom is 0.267 e. The predicted molar refractivity (Wildman–Crippen MR) is 64.2 cm³/mol. The highest BCUT2D eigenvalue weighted by atomic mass is 32.2. The van der Waals surface area contributed by atoms with Gasteiger partial charge in [-0.2, -0.15) is 8.42 Å². The molecule has 0 unspecified atom stereocenters. The molecule has 6 heteroatoms. The molecule has 4 nitrogen and oxygen atoms in total. The first-order chi connectivity index (χ1) is 7.88. The normalized spacial score (nSPS) is 15.5. The number of benzene rings is 1. The molecule has 1 aromatic carbocycles.